The van der Waals surface area contributed by atoms with Crippen LogP contribution in [-0.4, -0.2) is 24.0 Å². The molecule has 0 aromatic heterocycles. The van der Waals surface area contributed by atoms with Crippen molar-refractivity contribution < 1.29 is 5.11 Å². The predicted molar refractivity (Wildman–Crippen MR) is 71.6 cm³/mol. The largest absolute Gasteiger partial charge is 0.393 e. The molecule has 0 unspecified atom stereocenters. The highest BCUT2D eigenvalue weighted by atomic mass is 16.3. The van der Waals surface area contributed by atoms with E-state index in [1.165, 1.54) is 18.4 Å². The summed E-state index contributed by atoms with van der Waals surface area (Å²) >= 11 is 0. The third-order valence-corrected chi connectivity index (χ3v) is 3.49. The molecule has 1 N–H and O–H groups in total. The highest BCUT2D eigenvalue weighted by Gasteiger charge is 2.21. The molecule has 0 spiro atoms. The minimum atomic E-state index is -0.140. The van der Waals surface area contributed by atoms with E-state index < -0.39 is 0 Å². The fourth-order valence-electron chi connectivity index (χ4n) is 2.44. The summed E-state index contributed by atoms with van der Waals surface area (Å²) in [6.45, 7) is 2.84. The van der Waals surface area contributed by atoms with Crippen LogP contribution >= 0.6 is 0 Å². The molecule has 2 rings (SSSR count). The number of benzene rings is 1. The number of hydrogen-bond donors (Lipinski definition) is 1. The summed E-state index contributed by atoms with van der Waals surface area (Å²) in [6, 6.07) is 8.32. The summed E-state index contributed by atoms with van der Waals surface area (Å²) in [5.41, 5.74) is 2.40. The molecule has 2 heteroatoms. The molecule has 0 amide bonds. The van der Waals surface area contributed by atoms with E-state index in [1.807, 2.05) is 12.3 Å². The Kier molecular flexibility index (Phi) is 4.32. The standard InChI is InChI=1S/C15H21NO/c1-12-5-4-6-13(9-12)10-16-11-14-7-2-3-8-15(14)17/h4-6,9-10,14-15,17H,2-3,7-8,11H2,1H3/t14-,15+/m1/s1. The predicted octanol–water partition coefficient (Wildman–Crippen LogP) is 2.97. The molecule has 1 fully saturated rings. The van der Waals surface area contributed by atoms with Crippen LogP contribution in [0.25, 0.3) is 0 Å². The lowest BCUT2D eigenvalue weighted by Crippen LogP contribution is -2.26. The molecular formula is C15H21NO. The SMILES string of the molecule is Cc1cccc(C=NC[C@H]2CCCC[C@@H]2O)c1. The summed E-state index contributed by atoms with van der Waals surface area (Å²) in [4.78, 5) is 4.47. The normalized spacial score (nSPS) is 25.3. The second-order valence-corrected chi connectivity index (χ2v) is 5.02. The Bertz CT molecular complexity index is 386. The van der Waals surface area contributed by atoms with E-state index in [-0.39, 0.29) is 6.10 Å². The topological polar surface area (TPSA) is 32.6 Å². The minimum Gasteiger partial charge on any atom is -0.393 e. The van der Waals surface area contributed by atoms with Gasteiger partial charge in [0.25, 0.3) is 0 Å². The first kappa shape index (κ1) is 12.3. The summed E-state index contributed by atoms with van der Waals surface area (Å²) in [5, 5.41) is 9.84. The van der Waals surface area contributed by atoms with Crippen molar-refractivity contribution in [3.8, 4) is 0 Å². The van der Waals surface area contributed by atoms with E-state index in [9.17, 15) is 5.11 Å². The third kappa shape index (κ3) is 3.67. The van der Waals surface area contributed by atoms with E-state index in [2.05, 4.69) is 30.1 Å². The number of nitrogens with zero attached hydrogens (tertiary/aromatic N) is 1. The monoisotopic (exact) mass is 231 g/mol. The lowest BCUT2D eigenvalue weighted by Gasteiger charge is -2.25. The van der Waals surface area contributed by atoms with Crippen LogP contribution in [-0.2, 0) is 0 Å². The number of aliphatic hydroxyl groups is 1. The van der Waals surface area contributed by atoms with Gasteiger partial charge in [-0.3, -0.25) is 4.99 Å². The Labute approximate surface area is 103 Å². The molecule has 0 saturated heterocycles. The minimum absolute atomic E-state index is 0.140. The van der Waals surface area contributed by atoms with E-state index in [0.717, 1.165) is 24.9 Å². The maximum absolute atomic E-state index is 9.84. The fraction of sp³-hybridized carbons (Fsp3) is 0.533. The molecule has 0 radical (unpaired) electrons. The van der Waals surface area contributed by atoms with Crippen molar-refractivity contribution in [1.82, 2.24) is 0 Å². The van der Waals surface area contributed by atoms with Crippen molar-refractivity contribution in [3.05, 3.63) is 35.4 Å². The zero-order valence-electron chi connectivity index (χ0n) is 10.5. The van der Waals surface area contributed by atoms with Crippen molar-refractivity contribution in [2.45, 2.75) is 38.7 Å². The Balaban J connectivity index is 1.88. The summed E-state index contributed by atoms with van der Waals surface area (Å²) in [6.07, 6.45) is 6.25. The van der Waals surface area contributed by atoms with E-state index in [1.54, 1.807) is 0 Å². The van der Waals surface area contributed by atoms with Crippen LogP contribution in [0.3, 0.4) is 0 Å². The summed E-state index contributed by atoms with van der Waals surface area (Å²) in [7, 11) is 0. The van der Waals surface area contributed by atoms with Gasteiger partial charge in [-0.05, 0) is 25.3 Å². The van der Waals surface area contributed by atoms with Gasteiger partial charge in [0.05, 0.1) is 6.10 Å². The van der Waals surface area contributed by atoms with E-state index in [4.69, 9.17) is 0 Å². The van der Waals surface area contributed by atoms with Crippen LogP contribution in [0.15, 0.2) is 29.3 Å². The number of aliphatic hydroxyl groups excluding tert-OH is 1. The van der Waals surface area contributed by atoms with Gasteiger partial charge in [0.15, 0.2) is 0 Å². The van der Waals surface area contributed by atoms with Crippen molar-refractivity contribution >= 4 is 6.21 Å². The molecule has 1 aromatic rings. The van der Waals surface area contributed by atoms with Gasteiger partial charge in [0.2, 0.25) is 0 Å². The average molecular weight is 231 g/mol. The van der Waals surface area contributed by atoms with Gasteiger partial charge < -0.3 is 5.11 Å². The van der Waals surface area contributed by atoms with Crippen LogP contribution < -0.4 is 0 Å². The molecule has 0 bridgehead atoms. The third-order valence-electron chi connectivity index (χ3n) is 3.49. The number of rotatable bonds is 3. The van der Waals surface area contributed by atoms with Gasteiger partial charge in [-0.2, -0.15) is 0 Å². The zero-order chi connectivity index (χ0) is 12.1. The maximum Gasteiger partial charge on any atom is 0.0586 e. The molecule has 1 saturated carbocycles. The van der Waals surface area contributed by atoms with Gasteiger partial charge in [0.1, 0.15) is 0 Å². The van der Waals surface area contributed by atoms with E-state index >= 15 is 0 Å². The Morgan fingerprint density at radius 1 is 1.35 bits per heavy atom. The maximum atomic E-state index is 9.84. The first-order valence-electron chi connectivity index (χ1n) is 6.50. The molecular weight excluding hydrogens is 210 g/mol. The van der Waals surface area contributed by atoms with Gasteiger partial charge >= 0.3 is 0 Å². The van der Waals surface area contributed by atoms with E-state index in [0.29, 0.717) is 5.92 Å². The molecule has 0 aliphatic heterocycles. The number of hydrogen-bond acceptors (Lipinski definition) is 2. The van der Waals surface area contributed by atoms with Gasteiger partial charge in [-0.15, -0.1) is 0 Å². The Morgan fingerprint density at radius 3 is 2.94 bits per heavy atom. The van der Waals surface area contributed by atoms with Crippen molar-refractivity contribution in [1.29, 1.82) is 0 Å². The van der Waals surface area contributed by atoms with Gasteiger partial charge in [-0.1, -0.05) is 42.7 Å². The lowest BCUT2D eigenvalue weighted by atomic mass is 9.87. The van der Waals surface area contributed by atoms with Crippen LogP contribution in [0.4, 0.5) is 0 Å². The second-order valence-electron chi connectivity index (χ2n) is 5.02. The highest BCUT2D eigenvalue weighted by Crippen LogP contribution is 2.24. The van der Waals surface area contributed by atoms with Crippen LogP contribution in [0.5, 0.6) is 0 Å². The molecule has 92 valence electrons. The molecule has 1 aliphatic carbocycles. The molecule has 0 heterocycles. The van der Waals surface area contributed by atoms with Gasteiger partial charge in [0, 0.05) is 18.7 Å². The van der Waals surface area contributed by atoms with Crippen molar-refractivity contribution in [2.75, 3.05) is 6.54 Å². The summed E-state index contributed by atoms with van der Waals surface area (Å²) < 4.78 is 0. The molecule has 1 aliphatic rings. The summed E-state index contributed by atoms with van der Waals surface area (Å²) in [5.74, 6) is 0.366. The fourth-order valence-corrected chi connectivity index (χ4v) is 2.44. The number of aliphatic imine (C=N–C) groups is 1. The quantitative estimate of drug-likeness (QED) is 0.797. The Hall–Kier alpha value is -1.15. The van der Waals surface area contributed by atoms with Crippen molar-refractivity contribution in [3.63, 3.8) is 0 Å². The molecule has 1 aromatic carbocycles. The molecule has 2 nitrogen and oxygen atoms in total. The first-order chi connectivity index (χ1) is 8.25. The smallest absolute Gasteiger partial charge is 0.0586 e. The second kappa shape index (κ2) is 5.97. The van der Waals surface area contributed by atoms with Crippen LogP contribution in [0.1, 0.15) is 36.8 Å². The van der Waals surface area contributed by atoms with Crippen LogP contribution in [0, 0.1) is 12.8 Å². The zero-order valence-corrected chi connectivity index (χ0v) is 10.5. The van der Waals surface area contributed by atoms with Gasteiger partial charge in [-0.25, -0.2) is 0 Å². The Morgan fingerprint density at radius 2 is 2.18 bits per heavy atom. The molecule has 2 atom stereocenters. The first-order valence-corrected chi connectivity index (χ1v) is 6.50. The van der Waals surface area contributed by atoms with Crippen molar-refractivity contribution in [2.24, 2.45) is 10.9 Å². The highest BCUT2D eigenvalue weighted by molar-refractivity contribution is 5.79. The lowest BCUT2D eigenvalue weighted by molar-refractivity contribution is 0.0746. The average Bonchev–Trinajstić information content (AvgIpc) is 2.32. The number of aryl methyl sites for hydroxylation is 1. The molecule has 17 heavy (non-hydrogen) atoms. The van der Waals surface area contributed by atoms with Crippen LogP contribution in [0.2, 0.25) is 0 Å².